The summed E-state index contributed by atoms with van der Waals surface area (Å²) >= 11 is 0. The molecule has 1 atom stereocenters. The number of carbonyl (C=O) groups is 1. The Hall–Kier alpha value is -2.83. The summed E-state index contributed by atoms with van der Waals surface area (Å²) in [6.45, 7) is 2.22. The fourth-order valence-electron chi connectivity index (χ4n) is 3.05. The lowest BCUT2D eigenvalue weighted by Crippen LogP contribution is -2.31. The maximum atomic E-state index is 12.7. The minimum atomic E-state index is -2.94. The third kappa shape index (κ3) is 4.91. The van der Waals surface area contributed by atoms with Crippen molar-refractivity contribution in [2.75, 3.05) is 13.2 Å². The molecule has 1 heterocycles. The molecule has 0 bridgehead atoms. The van der Waals surface area contributed by atoms with Crippen LogP contribution in [0, 0.1) is 5.92 Å². The highest BCUT2D eigenvalue weighted by Gasteiger charge is 2.22. The number of rotatable bonds is 6. The van der Waals surface area contributed by atoms with E-state index in [0.29, 0.717) is 24.7 Å². The maximum Gasteiger partial charge on any atom is 0.387 e. The van der Waals surface area contributed by atoms with Gasteiger partial charge in [0.15, 0.2) is 11.5 Å². The van der Waals surface area contributed by atoms with Crippen LogP contribution in [-0.2, 0) is 0 Å². The molecule has 0 saturated carbocycles. The van der Waals surface area contributed by atoms with E-state index >= 15 is 0 Å². The van der Waals surface area contributed by atoms with E-state index in [9.17, 15) is 13.6 Å². The topological polar surface area (TPSA) is 56.8 Å². The molecule has 1 amide bonds. The van der Waals surface area contributed by atoms with Crippen LogP contribution in [-0.4, -0.2) is 25.7 Å². The number of ether oxygens (including phenoxy) is 3. The molecule has 1 aliphatic rings. The van der Waals surface area contributed by atoms with E-state index in [-0.39, 0.29) is 29.2 Å². The first-order chi connectivity index (χ1) is 13.4. The third-order valence-corrected chi connectivity index (χ3v) is 4.41. The van der Waals surface area contributed by atoms with Gasteiger partial charge in [-0.05, 0) is 41.8 Å². The number of benzene rings is 2. The summed E-state index contributed by atoms with van der Waals surface area (Å²) in [5, 5.41) is 2.97. The molecule has 0 fully saturated rings. The lowest BCUT2D eigenvalue weighted by atomic mass is 9.95. The standard InChI is InChI=1S/C21H23F2NO4/c1-13(2)19(14-7-8-17-18(12-14)27-10-4-9-26-17)24-20(25)15-5-3-6-16(11-15)28-21(22)23/h3,5-8,11-13,19,21H,4,9-10H2,1-2H3,(H,24,25)/t19-/m1/s1. The number of hydrogen-bond donors (Lipinski definition) is 1. The largest absolute Gasteiger partial charge is 0.490 e. The Kier molecular flexibility index (Phi) is 6.34. The molecule has 0 spiro atoms. The second-order valence-corrected chi connectivity index (χ2v) is 6.86. The zero-order chi connectivity index (χ0) is 20.1. The Labute approximate surface area is 162 Å². The van der Waals surface area contributed by atoms with Crippen molar-refractivity contribution < 1.29 is 27.8 Å². The van der Waals surface area contributed by atoms with Crippen molar-refractivity contribution in [2.45, 2.75) is 32.9 Å². The molecule has 0 saturated heterocycles. The van der Waals surface area contributed by atoms with Gasteiger partial charge in [0.05, 0.1) is 19.3 Å². The van der Waals surface area contributed by atoms with Crippen molar-refractivity contribution >= 4 is 5.91 Å². The molecule has 2 aromatic carbocycles. The Morgan fingerprint density at radius 2 is 1.82 bits per heavy atom. The molecule has 0 aliphatic carbocycles. The molecule has 0 unspecified atom stereocenters. The van der Waals surface area contributed by atoms with Crippen molar-refractivity contribution in [1.82, 2.24) is 5.32 Å². The van der Waals surface area contributed by atoms with Crippen molar-refractivity contribution in [2.24, 2.45) is 5.92 Å². The van der Waals surface area contributed by atoms with Crippen LogP contribution in [0.25, 0.3) is 0 Å². The molecule has 0 aromatic heterocycles. The fourth-order valence-corrected chi connectivity index (χ4v) is 3.05. The van der Waals surface area contributed by atoms with Crippen LogP contribution in [0.5, 0.6) is 17.2 Å². The fraction of sp³-hybridized carbons (Fsp3) is 0.381. The smallest absolute Gasteiger partial charge is 0.387 e. The molecule has 2 aromatic rings. The highest BCUT2D eigenvalue weighted by atomic mass is 19.3. The van der Waals surface area contributed by atoms with Crippen LogP contribution >= 0.6 is 0 Å². The summed E-state index contributed by atoms with van der Waals surface area (Å²) in [5.41, 5.74) is 1.13. The normalized spacial score (nSPS) is 14.5. The predicted molar refractivity (Wildman–Crippen MR) is 100 cm³/mol. The first-order valence-corrected chi connectivity index (χ1v) is 9.19. The van der Waals surface area contributed by atoms with E-state index in [1.807, 2.05) is 32.0 Å². The average Bonchev–Trinajstić information content (AvgIpc) is 2.90. The molecule has 28 heavy (non-hydrogen) atoms. The second kappa shape index (κ2) is 8.91. The Morgan fingerprint density at radius 3 is 2.54 bits per heavy atom. The Balaban J connectivity index is 1.80. The van der Waals surface area contributed by atoms with Gasteiger partial charge in [-0.15, -0.1) is 0 Å². The lowest BCUT2D eigenvalue weighted by Gasteiger charge is -2.24. The van der Waals surface area contributed by atoms with Gasteiger partial charge >= 0.3 is 6.61 Å². The van der Waals surface area contributed by atoms with E-state index < -0.39 is 6.61 Å². The maximum absolute atomic E-state index is 12.7. The van der Waals surface area contributed by atoms with Crippen LogP contribution in [0.3, 0.4) is 0 Å². The first-order valence-electron chi connectivity index (χ1n) is 9.19. The molecule has 0 radical (unpaired) electrons. The molecular formula is C21H23F2NO4. The number of carbonyl (C=O) groups excluding carboxylic acids is 1. The average molecular weight is 391 g/mol. The molecule has 7 heteroatoms. The summed E-state index contributed by atoms with van der Waals surface area (Å²) < 4.78 is 40.6. The third-order valence-electron chi connectivity index (χ3n) is 4.41. The van der Waals surface area contributed by atoms with Crippen molar-refractivity contribution in [3.05, 3.63) is 53.6 Å². The highest BCUT2D eigenvalue weighted by Crippen LogP contribution is 2.34. The van der Waals surface area contributed by atoms with E-state index in [0.717, 1.165) is 12.0 Å². The zero-order valence-electron chi connectivity index (χ0n) is 15.8. The number of fused-ring (bicyclic) bond motifs is 1. The number of hydrogen-bond acceptors (Lipinski definition) is 4. The monoisotopic (exact) mass is 391 g/mol. The minimum absolute atomic E-state index is 0.0562. The van der Waals surface area contributed by atoms with Gasteiger partial charge in [0.25, 0.3) is 5.91 Å². The van der Waals surface area contributed by atoms with Gasteiger partial charge in [-0.3, -0.25) is 4.79 Å². The van der Waals surface area contributed by atoms with Crippen molar-refractivity contribution in [3.63, 3.8) is 0 Å². The van der Waals surface area contributed by atoms with Crippen LogP contribution in [0.2, 0.25) is 0 Å². The van der Waals surface area contributed by atoms with E-state index in [2.05, 4.69) is 10.1 Å². The van der Waals surface area contributed by atoms with Gasteiger partial charge in [0, 0.05) is 12.0 Å². The molecule has 1 aliphatic heterocycles. The molecule has 5 nitrogen and oxygen atoms in total. The number of amides is 1. The zero-order valence-corrected chi connectivity index (χ0v) is 15.8. The number of alkyl halides is 2. The van der Waals surface area contributed by atoms with E-state index in [1.54, 1.807) is 6.07 Å². The summed E-state index contributed by atoms with van der Waals surface area (Å²) in [7, 11) is 0. The Morgan fingerprint density at radius 1 is 1.07 bits per heavy atom. The van der Waals surface area contributed by atoms with Crippen LogP contribution in [0.15, 0.2) is 42.5 Å². The van der Waals surface area contributed by atoms with Gasteiger partial charge in [-0.25, -0.2) is 0 Å². The van der Waals surface area contributed by atoms with Gasteiger partial charge in [0.2, 0.25) is 0 Å². The second-order valence-electron chi connectivity index (χ2n) is 6.86. The number of halogens is 2. The number of nitrogens with one attached hydrogen (secondary N) is 1. The highest BCUT2D eigenvalue weighted by molar-refractivity contribution is 5.94. The van der Waals surface area contributed by atoms with Gasteiger partial charge < -0.3 is 19.5 Å². The quantitative estimate of drug-likeness (QED) is 0.783. The van der Waals surface area contributed by atoms with Gasteiger partial charge in [-0.1, -0.05) is 26.0 Å². The van der Waals surface area contributed by atoms with Gasteiger partial charge in [-0.2, -0.15) is 8.78 Å². The molecule has 3 rings (SSSR count). The Bertz CT molecular complexity index is 826. The summed E-state index contributed by atoms with van der Waals surface area (Å²) in [4.78, 5) is 12.7. The molecule has 150 valence electrons. The van der Waals surface area contributed by atoms with Crippen molar-refractivity contribution in [3.8, 4) is 17.2 Å². The first kappa shape index (κ1) is 19.9. The van der Waals surface area contributed by atoms with Crippen molar-refractivity contribution in [1.29, 1.82) is 0 Å². The summed E-state index contributed by atoms with van der Waals surface area (Å²) in [6, 6.07) is 11.1. The lowest BCUT2D eigenvalue weighted by molar-refractivity contribution is -0.0498. The molecular weight excluding hydrogens is 368 g/mol. The molecule has 1 N–H and O–H groups in total. The summed E-state index contributed by atoms with van der Waals surface area (Å²) in [5.74, 6) is 1.01. The minimum Gasteiger partial charge on any atom is -0.490 e. The van der Waals surface area contributed by atoms with Crippen LogP contribution in [0.1, 0.15) is 42.2 Å². The van der Waals surface area contributed by atoms with Gasteiger partial charge in [0.1, 0.15) is 5.75 Å². The SMILES string of the molecule is CC(C)[C@@H](NC(=O)c1cccc(OC(F)F)c1)c1ccc2c(c1)OCCCO2. The van der Waals surface area contributed by atoms with Crippen LogP contribution in [0.4, 0.5) is 8.78 Å². The van der Waals surface area contributed by atoms with Crippen LogP contribution < -0.4 is 19.5 Å². The predicted octanol–water partition coefficient (Wildman–Crippen LogP) is 4.58. The van der Waals surface area contributed by atoms with E-state index in [4.69, 9.17) is 9.47 Å². The summed E-state index contributed by atoms with van der Waals surface area (Å²) in [6.07, 6.45) is 0.811. The van der Waals surface area contributed by atoms with E-state index in [1.165, 1.54) is 18.2 Å².